The molecule has 1 atom stereocenters. The first-order chi connectivity index (χ1) is 9.97. The lowest BCUT2D eigenvalue weighted by Crippen LogP contribution is -2.28. The highest BCUT2D eigenvalue weighted by atomic mass is 35.5. The maximum Gasteiger partial charge on any atom is 0.416 e. The van der Waals surface area contributed by atoms with Crippen LogP contribution in [0.5, 0.6) is 0 Å². The molecule has 1 aliphatic heterocycles. The van der Waals surface area contributed by atoms with E-state index < -0.39 is 11.7 Å². The molecule has 0 bridgehead atoms. The second kappa shape index (κ2) is 8.39. The zero-order chi connectivity index (χ0) is 15.3. The number of benzene rings is 1. The van der Waals surface area contributed by atoms with Crippen molar-refractivity contribution in [1.82, 2.24) is 10.6 Å². The van der Waals surface area contributed by atoms with Crippen molar-refractivity contribution in [3.05, 3.63) is 35.4 Å². The second-order valence-corrected chi connectivity index (χ2v) is 5.33. The van der Waals surface area contributed by atoms with Crippen LogP contribution in [0, 0.1) is 5.92 Å². The monoisotopic (exact) mass is 336 g/mol. The summed E-state index contributed by atoms with van der Waals surface area (Å²) in [5.74, 6) is 0.186. The highest BCUT2D eigenvalue weighted by Crippen LogP contribution is 2.31. The normalized spacial score (nSPS) is 17.9. The smallest absolute Gasteiger partial charge is 0.356 e. The SMILES string of the molecule is Cl.O=C(Cc1ccccc1C(F)(F)F)NCCC1CCNC1. The van der Waals surface area contributed by atoms with Crippen LogP contribution in [-0.4, -0.2) is 25.5 Å². The van der Waals surface area contributed by atoms with Crippen LogP contribution in [-0.2, 0) is 17.4 Å². The quantitative estimate of drug-likeness (QED) is 0.868. The van der Waals surface area contributed by atoms with Gasteiger partial charge in [-0.25, -0.2) is 0 Å². The zero-order valence-corrected chi connectivity index (χ0v) is 12.9. The molecule has 0 spiro atoms. The summed E-state index contributed by atoms with van der Waals surface area (Å²) < 4.78 is 38.4. The zero-order valence-electron chi connectivity index (χ0n) is 12.1. The molecule has 0 radical (unpaired) electrons. The van der Waals surface area contributed by atoms with Gasteiger partial charge in [0.05, 0.1) is 12.0 Å². The number of halogens is 4. The number of rotatable bonds is 5. The third kappa shape index (κ3) is 5.50. The van der Waals surface area contributed by atoms with Gasteiger partial charge in [0.1, 0.15) is 0 Å². The minimum Gasteiger partial charge on any atom is -0.356 e. The van der Waals surface area contributed by atoms with Crippen molar-refractivity contribution in [1.29, 1.82) is 0 Å². The Bertz CT molecular complexity index is 488. The minimum absolute atomic E-state index is 0. The van der Waals surface area contributed by atoms with Crippen LogP contribution >= 0.6 is 12.4 Å². The Morgan fingerprint density at radius 2 is 2.05 bits per heavy atom. The minimum atomic E-state index is -4.42. The van der Waals surface area contributed by atoms with E-state index in [4.69, 9.17) is 0 Å². The number of nitrogens with one attached hydrogen (secondary N) is 2. The van der Waals surface area contributed by atoms with Crippen molar-refractivity contribution in [2.75, 3.05) is 19.6 Å². The Morgan fingerprint density at radius 1 is 1.32 bits per heavy atom. The Kier molecular flexibility index (Phi) is 7.16. The van der Waals surface area contributed by atoms with Crippen LogP contribution in [0.3, 0.4) is 0 Å². The fourth-order valence-electron chi connectivity index (χ4n) is 2.56. The molecular formula is C15H20ClF3N2O. The molecule has 124 valence electrons. The van der Waals surface area contributed by atoms with E-state index in [0.717, 1.165) is 32.0 Å². The molecule has 1 heterocycles. The molecule has 1 fully saturated rings. The molecule has 1 unspecified atom stereocenters. The lowest BCUT2D eigenvalue weighted by atomic mass is 10.0. The summed E-state index contributed by atoms with van der Waals surface area (Å²) >= 11 is 0. The van der Waals surface area contributed by atoms with Crippen molar-refractivity contribution in [3.63, 3.8) is 0 Å². The molecule has 0 aliphatic carbocycles. The fraction of sp³-hybridized carbons (Fsp3) is 0.533. The summed E-state index contributed by atoms with van der Waals surface area (Å²) in [5.41, 5.74) is -0.717. The third-order valence-electron chi connectivity index (χ3n) is 3.71. The van der Waals surface area contributed by atoms with Crippen molar-refractivity contribution in [2.24, 2.45) is 5.92 Å². The van der Waals surface area contributed by atoms with Gasteiger partial charge in [0.2, 0.25) is 5.91 Å². The van der Waals surface area contributed by atoms with Crippen molar-refractivity contribution >= 4 is 18.3 Å². The molecule has 1 aliphatic rings. The summed E-state index contributed by atoms with van der Waals surface area (Å²) in [5, 5.41) is 5.94. The van der Waals surface area contributed by atoms with Crippen LogP contribution < -0.4 is 10.6 Å². The molecule has 0 saturated carbocycles. The number of alkyl halides is 3. The summed E-state index contributed by atoms with van der Waals surface area (Å²) in [7, 11) is 0. The van der Waals surface area contributed by atoms with E-state index in [1.165, 1.54) is 18.2 Å². The summed E-state index contributed by atoms with van der Waals surface area (Å²) in [4.78, 5) is 11.8. The number of amides is 1. The van der Waals surface area contributed by atoms with Gasteiger partial charge in [0.15, 0.2) is 0 Å². The average molecular weight is 337 g/mol. The van der Waals surface area contributed by atoms with Crippen LogP contribution in [0.15, 0.2) is 24.3 Å². The number of carbonyl (C=O) groups is 1. The standard InChI is InChI=1S/C15H19F3N2O.ClH/c16-15(17,18)13-4-2-1-3-12(13)9-14(21)20-8-6-11-5-7-19-10-11;/h1-4,11,19H,5-10H2,(H,20,21);1H. The highest BCUT2D eigenvalue weighted by Gasteiger charge is 2.33. The third-order valence-corrected chi connectivity index (χ3v) is 3.71. The topological polar surface area (TPSA) is 41.1 Å². The number of hydrogen-bond acceptors (Lipinski definition) is 2. The average Bonchev–Trinajstić information content (AvgIpc) is 2.91. The van der Waals surface area contributed by atoms with E-state index in [1.807, 2.05) is 0 Å². The molecule has 2 N–H and O–H groups in total. The summed E-state index contributed by atoms with van der Waals surface area (Å²) in [6.07, 6.45) is -2.71. The van der Waals surface area contributed by atoms with Gasteiger partial charge in [-0.05, 0) is 43.5 Å². The Hall–Kier alpha value is -1.27. The largest absolute Gasteiger partial charge is 0.416 e. The lowest BCUT2D eigenvalue weighted by molar-refractivity contribution is -0.138. The molecular weight excluding hydrogens is 317 g/mol. The van der Waals surface area contributed by atoms with E-state index in [0.29, 0.717) is 12.5 Å². The molecule has 1 saturated heterocycles. The predicted octanol–water partition coefficient (Wildman–Crippen LogP) is 2.79. The maximum absolute atomic E-state index is 12.8. The van der Waals surface area contributed by atoms with E-state index in [2.05, 4.69) is 10.6 Å². The molecule has 22 heavy (non-hydrogen) atoms. The highest BCUT2D eigenvalue weighted by molar-refractivity contribution is 5.85. The predicted molar refractivity (Wildman–Crippen MR) is 81.0 cm³/mol. The van der Waals surface area contributed by atoms with E-state index in [1.54, 1.807) is 0 Å². The molecule has 1 amide bonds. The van der Waals surface area contributed by atoms with E-state index >= 15 is 0 Å². The van der Waals surface area contributed by atoms with Gasteiger partial charge in [0, 0.05) is 6.54 Å². The lowest BCUT2D eigenvalue weighted by Gasteiger charge is -2.13. The van der Waals surface area contributed by atoms with Crippen LogP contribution in [0.4, 0.5) is 13.2 Å². The molecule has 3 nitrogen and oxygen atoms in total. The van der Waals surface area contributed by atoms with E-state index in [9.17, 15) is 18.0 Å². The molecule has 7 heteroatoms. The first kappa shape index (κ1) is 18.8. The Balaban J connectivity index is 0.00000242. The second-order valence-electron chi connectivity index (χ2n) is 5.33. The van der Waals surface area contributed by atoms with Crippen molar-refractivity contribution < 1.29 is 18.0 Å². The van der Waals surface area contributed by atoms with Crippen LogP contribution in [0.25, 0.3) is 0 Å². The van der Waals surface area contributed by atoms with Crippen molar-refractivity contribution in [3.8, 4) is 0 Å². The summed E-state index contributed by atoms with van der Waals surface area (Å²) in [6.45, 7) is 2.46. The van der Waals surface area contributed by atoms with Gasteiger partial charge in [-0.15, -0.1) is 12.4 Å². The van der Waals surface area contributed by atoms with Gasteiger partial charge in [-0.3, -0.25) is 4.79 Å². The molecule has 1 aromatic rings. The van der Waals surface area contributed by atoms with Crippen LogP contribution in [0.2, 0.25) is 0 Å². The maximum atomic E-state index is 12.8. The van der Waals surface area contributed by atoms with Crippen LogP contribution in [0.1, 0.15) is 24.0 Å². The number of hydrogen-bond donors (Lipinski definition) is 2. The summed E-state index contributed by atoms with van der Waals surface area (Å²) in [6, 6.07) is 5.20. The van der Waals surface area contributed by atoms with Gasteiger partial charge in [-0.2, -0.15) is 13.2 Å². The van der Waals surface area contributed by atoms with Gasteiger partial charge >= 0.3 is 6.18 Å². The first-order valence-corrected chi connectivity index (χ1v) is 7.09. The van der Waals surface area contributed by atoms with Gasteiger partial charge in [0.25, 0.3) is 0 Å². The molecule has 0 aromatic heterocycles. The first-order valence-electron chi connectivity index (χ1n) is 7.09. The van der Waals surface area contributed by atoms with Gasteiger partial charge < -0.3 is 10.6 Å². The Labute approximate surface area is 134 Å². The Morgan fingerprint density at radius 3 is 2.68 bits per heavy atom. The van der Waals surface area contributed by atoms with Crippen molar-refractivity contribution in [2.45, 2.75) is 25.4 Å². The fourth-order valence-corrected chi connectivity index (χ4v) is 2.56. The van der Waals surface area contributed by atoms with Gasteiger partial charge in [-0.1, -0.05) is 18.2 Å². The molecule has 2 rings (SSSR count). The molecule has 1 aromatic carbocycles. The number of carbonyl (C=O) groups excluding carboxylic acids is 1. The van der Waals surface area contributed by atoms with E-state index in [-0.39, 0.29) is 30.3 Å².